The van der Waals surface area contributed by atoms with E-state index in [1.165, 1.54) is 7.11 Å². The zero-order valence-corrected chi connectivity index (χ0v) is 13.9. The lowest BCUT2D eigenvalue weighted by atomic mass is 10.2. The summed E-state index contributed by atoms with van der Waals surface area (Å²) in [6.07, 6.45) is 1.51. The highest BCUT2D eigenvalue weighted by Crippen LogP contribution is 2.17. The Hall–Kier alpha value is -1.53. The molecule has 0 bridgehead atoms. The number of benzene rings is 1. The van der Waals surface area contributed by atoms with Gasteiger partial charge in [-0.15, -0.1) is 0 Å². The van der Waals surface area contributed by atoms with Crippen molar-refractivity contribution in [3.05, 3.63) is 29.8 Å². The lowest BCUT2D eigenvalue weighted by Gasteiger charge is -2.08. The van der Waals surface area contributed by atoms with Gasteiger partial charge < -0.3 is 15.8 Å². The maximum Gasteiger partial charge on any atom is 0.306 e. The summed E-state index contributed by atoms with van der Waals surface area (Å²) in [5.74, 6) is 1.30. The third kappa shape index (κ3) is 8.05. The predicted octanol–water partition coefficient (Wildman–Crippen LogP) is 2.55. The number of carbonyl (C=O) groups excluding carboxylic acids is 2. The van der Waals surface area contributed by atoms with Crippen molar-refractivity contribution in [3.63, 3.8) is 0 Å². The first-order valence-electron chi connectivity index (χ1n) is 7.30. The average Bonchev–Trinajstić information content (AvgIpc) is 2.49. The summed E-state index contributed by atoms with van der Waals surface area (Å²) in [5.41, 5.74) is 7.55. The lowest BCUT2D eigenvalue weighted by Crippen LogP contribution is -2.19. The molecule has 0 spiro atoms. The quantitative estimate of drug-likeness (QED) is 0.539. The molecule has 5 nitrogen and oxygen atoms in total. The summed E-state index contributed by atoms with van der Waals surface area (Å²) < 4.78 is 4.60. The van der Waals surface area contributed by atoms with Gasteiger partial charge in [-0.3, -0.25) is 9.59 Å². The number of methoxy groups -OCH3 is 1. The average molecular weight is 324 g/mol. The predicted molar refractivity (Wildman–Crippen MR) is 90.8 cm³/mol. The van der Waals surface area contributed by atoms with Gasteiger partial charge in [-0.2, -0.15) is 11.8 Å². The van der Waals surface area contributed by atoms with Crippen molar-refractivity contribution >= 4 is 29.3 Å². The Balaban J connectivity index is 2.38. The van der Waals surface area contributed by atoms with Crippen LogP contribution >= 0.6 is 11.8 Å². The topological polar surface area (TPSA) is 81.4 Å². The Morgan fingerprint density at radius 3 is 2.82 bits per heavy atom. The minimum absolute atomic E-state index is 0.0206. The van der Waals surface area contributed by atoms with Gasteiger partial charge in [0, 0.05) is 29.7 Å². The van der Waals surface area contributed by atoms with Gasteiger partial charge in [-0.25, -0.2) is 0 Å². The van der Waals surface area contributed by atoms with Gasteiger partial charge >= 0.3 is 5.97 Å². The number of hydrogen-bond acceptors (Lipinski definition) is 5. The van der Waals surface area contributed by atoms with Crippen LogP contribution in [0.4, 0.5) is 5.69 Å². The molecule has 1 unspecified atom stereocenters. The monoisotopic (exact) mass is 324 g/mol. The molecule has 0 aliphatic heterocycles. The molecule has 0 aromatic heterocycles. The van der Waals surface area contributed by atoms with Crippen LogP contribution in [0.2, 0.25) is 0 Å². The molecule has 1 rings (SSSR count). The van der Waals surface area contributed by atoms with Crippen molar-refractivity contribution in [2.45, 2.75) is 38.0 Å². The minimum Gasteiger partial charge on any atom is -0.469 e. The third-order valence-electron chi connectivity index (χ3n) is 2.98. The number of anilines is 1. The summed E-state index contributed by atoms with van der Waals surface area (Å²) in [5, 5.41) is 2.88. The van der Waals surface area contributed by atoms with Crippen molar-refractivity contribution in [2.24, 2.45) is 5.73 Å². The summed E-state index contributed by atoms with van der Waals surface area (Å²) in [4.78, 5) is 22.8. The van der Waals surface area contributed by atoms with E-state index in [4.69, 9.17) is 5.73 Å². The second-order valence-corrected chi connectivity index (χ2v) is 6.25. The van der Waals surface area contributed by atoms with E-state index < -0.39 is 0 Å². The first kappa shape index (κ1) is 18.5. The Morgan fingerprint density at radius 2 is 2.14 bits per heavy atom. The molecule has 3 N–H and O–H groups in total. The Bertz CT molecular complexity index is 492. The molecule has 122 valence electrons. The van der Waals surface area contributed by atoms with Gasteiger partial charge in [-0.1, -0.05) is 12.1 Å². The molecule has 0 heterocycles. The summed E-state index contributed by atoms with van der Waals surface area (Å²) >= 11 is 1.66. The maximum atomic E-state index is 11.8. The van der Waals surface area contributed by atoms with Crippen molar-refractivity contribution in [1.82, 2.24) is 0 Å². The number of amides is 1. The summed E-state index contributed by atoms with van der Waals surface area (Å²) in [6.45, 7) is 1.89. The zero-order chi connectivity index (χ0) is 16.4. The van der Waals surface area contributed by atoms with Gasteiger partial charge in [0.1, 0.15) is 0 Å². The highest BCUT2D eigenvalue weighted by atomic mass is 32.2. The SMILES string of the molecule is COC(=O)CCSCc1cccc(NC(=O)CCC(C)N)c1. The second kappa shape index (κ2) is 10.2. The molecule has 0 radical (unpaired) electrons. The first-order chi connectivity index (χ1) is 10.5. The molecule has 0 saturated carbocycles. The highest BCUT2D eigenvalue weighted by Gasteiger charge is 2.05. The molecule has 0 aliphatic carbocycles. The normalized spacial score (nSPS) is 11.8. The van der Waals surface area contributed by atoms with Crippen LogP contribution in [-0.2, 0) is 20.1 Å². The van der Waals surface area contributed by atoms with Crippen LogP contribution in [0.25, 0.3) is 0 Å². The fourth-order valence-corrected chi connectivity index (χ4v) is 2.64. The van der Waals surface area contributed by atoms with Crippen molar-refractivity contribution < 1.29 is 14.3 Å². The number of hydrogen-bond donors (Lipinski definition) is 2. The molecular weight excluding hydrogens is 300 g/mol. The zero-order valence-electron chi connectivity index (χ0n) is 13.1. The van der Waals surface area contributed by atoms with Crippen LogP contribution in [0.15, 0.2) is 24.3 Å². The molecule has 1 atom stereocenters. The fraction of sp³-hybridized carbons (Fsp3) is 0.500. The summed E-state index contributed by atoms with van der Waals surface area (Å²) in [6, 6.07) is 7.77. The van der Waals surface area contributed by atoms with Gasteiger partial charge in [0.15, 0.2) is 0 Å². The van der Waals surface area contributed by atoms with Gasteiger partial charge in [0.25, 0.3) is 0 Å². The summed E-state index contributed by atoms with van der Waals surface area (Å²) in [7, 11) is 1.39. The molecule has 1 aromatic rings. The van der Waals surface area contributed by atoms with Crippen molar-refractivity contribution in [3.8, 4) is 0 Å². The van der Waals surface area contributed by atoms with E-state index in [2.05, 4.69) is 10.1 Å². The highest BCUT2D eigenvalue weighted by molar-refractivity contribution is 7.98. The lowest BCUT2D eigenvalue weighted by molar-refractivity contribution is -0.140. The van der Waals surface area contributed by atoms with Crippen LogP contribution in [0.5, 0.6) is 0 Å². The van der Waals surface area contributed by atoms with E-state index >= 15 is 0 Å². The van der Waals surface area contributed by atoms with E-state index in [0.29, 0.717) is 19.3 Å². The molecule has 0 aliphatic rings. The largest absolute Gasteiger partial charge is 0.469 e. The van der Waals surface area contributed by atoms with Crippen LogP contribution < -0.4 is 11.1 Å². The van der Waals surface area contributed by atoms with Gasteiger partial charge in [-0.05, 0) is 31.0 Å². The Morgan fingerprint density at radius 1 is 1.36 bits per heavy atom. The number of nitrogens with two attached hydrogens (primary N) is 1. The number of ether oxygens (including phenoxy) is 1. The van der Waals surface area contributed by atoms with Crippen LogP contribution in [-0.4, -0.2) is 30.8 Å². The van der Waals surface area contributed by atoms with Gasteiger partial charge in [0.05, 0.1) is 13.5 Å². The Kier molecular flexibility index (Phi) is 8.62. The second-order valence-electron chi connectivity index (χ2n) is 5.14. The molecular formula is C16H24N2O3S. The van der Waals surface area contributed by atoms with Gasteiger partial charge in [0.2, 0.25) is 5.91 Å². The molecule has 0 fully saturated rings. The molecule has 1 aromatic carbocycles. The maximum absolute atomic E-state index is 11.8. The van der Waals surface area contributed by atoms with Crippen molar-refractivity contribution in [1.29, 1.82) is 0 Å². The molecule has 6 heteroatoms. The standard InChI is InChI=1S/C16H24N2O3S/c1-12(17)6-7-15(19)18-14-5-3-4-13(10-14)11-22-9-8-16(20)21-2/h3-5,10,12H,6-9,11,17H2,1-2H3,(H,18,19). The first-order valence-corrected chi connectivity index (χ1v) is 8.45. The van der Waals surface area contributed by atoms with E-state index in [-0.39, 0.29) is 17.9 Å². The van der Waals surface area contributed by atoms with Crippen molar-refractivity contribution in [2.75, 3.05) is 18.2 Å². The van der Waals surface area contributed by atoms with E-state index in [1.807, 2.05) is 31.2 Å². The smallest absolute Gasteiger partial charge is 0.306 e. The molecule has 22 heavy (non-hydrogen) atoms. The number of esters is 1. The number of rotatable bonds is 9. The fourth-order valence-electron chi connectivity index (χ4n) is 1.77. The van der Waals surface area contributed by atoms with E-state index in [9.17, 15) is 9.59 Å². The number of thioether (sulfide) groups is 1. The number of nitrogens with one attached hydrogen (secondary N) is 1. The minimum atomic E-state index is -0.192. The van der Waals surface area contributed by atoms with Crippen LogP contribution in [0.1, 0.15) is 31.7 Å². The van der Waals surface area contributed by atoms with E-state index in [1.54, 1.807) is 11.8 Å². The molecule has 1 amide bonds. The van der Waals surface area contributed by atoms with Crippen LogP contribution in [0.3, 0.4) is 0 Å². The number of carbonyl (C=O) groups is 2. The molecule has 0 saturated heterocycles. The third-order valence-corrected chi connectivity index (χ3v) is 4.01. The van der Waals surface area contributed by atoms with E-state index in [0.717, 1.165) is 22.8 Å². The Labute approximate surface area is 136 Å². The van der Waals surface area contributed by atoms with Crippen LogP contribution in [0, 0.1) is 0 Å².